The fourth-order valence-electron chi connectivity index (χ4n) is 1.53. The number of anilines is 2. The van der Waals surface area contributed by atoms with Gasteiger partial charge >= 0.3 is 0 Å². The molecule has 0 aliphatic heterocycles. The fourth-order valence-corrected chi connectivity index (χ4v) is 1.53. The van der Waals surface area contributed by atoms with Gasteiger partial charge in [0.25, 0.3) is 5.91 Å². The minimum atomic E-state index is -0.126. The summed E-state index contributed by atoms with van der Waals surface area (Å²) in [6, 6.07) is 5.27. The van der Waals surface area contributed by atoms with Gasteiger partial charge in [-0.25, -0.2) is 0 Å². The number of nitrogen functional groups attached to an aromatic ring is 1. The van der Waals surface area contributed by atoms with Gasteiger partial charge in [0.15, 0.2) is 0 Å². The van der Waals surface area contributed by atoms with Crippen LogP contribution in [-0.2, 0) is 0 Å². The Labute approximate surface area is 102 Å². The Balaban J connectivity index is 3.16. The first kappa shape index (κ1) is 12.9. The summed E-state index contributed by atoms with van der Waals surface area (Å²) in [6.45, 7) is 0.278. The molecular formula is C13H17N3O. The lowest BCUT2D eigenvalue weighted by Crippen LogP contribution is -2.28. The molecule has 0 aliphatic carbocycles. The number of amides is 1. The van der Waals surface area contributed by atoms with Crippen molar-refractivity contribution in [2.45, 2.75) is 0 Å². The van der Waals surface area contributed by atoms with Crippen LogP contribution >= 0.6 is 0 Å². The Morgan fingerprint density at radius 2 is 2.06 bits per heavy atom. The summed E-state index contributed by atoms with van der Waals surface area (Å²) in [7, 11) is 5.43. The maximum atomic E-state index is 12.2. The Kier molecular flexibility index (Phi) is 4.00. The molecule has 0 saturated carbocycles. The molecule has 0 aromatic heterocycles. The van der Waals surface area contributed by atoms with Crippen LogP contribution in [0.5, 0.6) is 0 Å². The number of nitrogens with two attached hydrogens (primary N) is 1. The van der Waals surface area contributed by atoms with Gasteiger partial charge in [-0.1, -0.05) is 5.92 Å². The highest BCUT2D eigenvalue weighted by atomic mass is 16.2. The zero-order valence-electron chi connectivity index (χ0n) is 10.4. The lowest BCUT2D eigenvalue weighted by molar-refractivity contribution is 0.0813. The maximum Gasteiger partial charge on any atom is 0.256 e. The molecule has 90 valence electrons. The molecule has 0 unspecified atom stereocenters. The van der Waals surface area contributed by atoms with E-state index in [9.17, 15) is 4.79 Å². The van der Waals surface area contributed by atoms with Crippen LogP contribution in [0.2, 0.25) is 0 Å². The highest BCUT2D eigenvalue weighted by Crippen LogP contribution is 2.22. The number of carbonyl (C=O) groups is 1. The molecule has 0 spiro atoms. The van der Waals surface area contributed by atoms with E-state index in [1.165, 1.54) is 4.90 Å². The van der Waals surface area contributed by atoms with E-state index >= 15 is 0 Å². The van der Waals surface area contributed by atoms with Crippen molar-refractivity contribution in [2.24, 2.45) is 0 Å². The van der Waals surface area contributed by atoms with Crippen LogP contribution in [-0.4, -0.2) is 38.5 Å². The molecule has 4 heteroatoms. The van der Waals surface area contributed by atoms with Crippen molar-refractivity contribution in [3.05, 3.63) is 23.8 Å². The minimum Gasteiger partial charge on any atom is -0.399 e. The molecule has 4 nitrogen and oxygen atoms in total. The predicted molar refractivity (Wildman–Crippen MR) is 71.0 cm³/mol. The van der Waals surface area contributed by atoms with Crippen LogP contribution < -0.4 is 10.6 Å². The summed E-state index contributed by atoms with van der Waals surface area (Å²) in [5.41, 5.74) is 7.66. The Hall–Kier alpha value is -2.15. The quantitative estimate of drug-likeness (QED) is 0.624. The number of hydrogen-bond donors (Lipinski definition) is 1. The van der Waals surface area contributed by atoms with E-state index in [0.29, 0.717) is 11.3 Å². The van der Waals surface area contributed by atoms with E-state index in [-0.39, 0.29) is 12.5 Å². The number of benzene rings is 1. The first-order chi connectivity index (χ1) is 7.97. The Bertz CT molecular complexity index is 460. The first-order valence-corrected chi connectivity index (χ1v) is 5.23. The van der Waals surface area contributed by atoms with Crippen molar-refractivity contribution < 1.29 is 4.79 Å². The minimum absolute atomic E-state index is 0.126. The van der Waals surface area contributed by atoms with Crippen LogP contribution in [0.25, 0.3) is 0 Å². The van der Waals surface area contributed by atoms with Crippen molar-refractivity contribution in [1.82, 2.24) is 4.90 Å². The largest absolute Gasteiger partial charge is 0.399 e. The molecule has 0 atom stereocenters. The lowest BCUT2D eigenvalue weighted by Gasteiger charge is -2.21. The standard InChI is InChI=1S/C13H17N3O/c1-5-8-16(4)13(17)11-9-10(14)6-7-12(11)15(2)3/h1,6-7,9H,8,14H2,2-4H3. The summed E-state index contributed by atoms with van der Waals surface area (Å²) < 4.78 is 0. The third kappa shape index (κ3) is 2.91. The normalized spacial score (nSPS) is 9.53. The number of hydrogen-bond acceptors (Lipinski definition) is 3. The van der Waals surface area contributed by atoms with Gasteiger partial charge in [-0.3, -0.25) is 4.79 Å². The van der Waals surface area contributed by atoms with Gasteiger partial charge in [-0.2, -0.15) is 0 Å². The Morgan fingerprint density at radius 3 is 2.59 bits per heavy atom. The van der Waals surface area contributed by atoms with Gasteiger partial charge in [0.2, 0.25) is 0 Å². The second-order valence-corrected chi connectivity index (χ2v) is 4.04. The van der Waals surface area contributed by atoms with Crippen LogP contribution in [0.15, 0.2) is 18.2 Å². The number of rotatable bonds is 3. The number of nitrogens with zero attached hydrogens (tertiary/aromatic N) is 2. The van der Waals surface area contributed by atoms with Gasteiger partial charge in [0, 0.05) is 32.5 Å². The summed E-state index contributed by atoms with van der Waals surface area (Å²) in [5, 5.41) is 0. The zero-order chi connectivity index (χ0) is 13.0. The molecule has 1 rings (SSSR count). The Morgan fingerprint density at radius 1 is 1.41 bits per heavy atom. The van der Waals surface area contributed by atoms with E-state index in [1.54, 1.807) is 19.2 Å². The molecule has 0 saturated heterocycles. The highest BCUT2D eigenvalue weighted by molar-refractivity contribution is 6.00. The lowest BCUT2D eigenvalue weighted by atomic mass is 10.1. The average Bonchev–Trinajstić information content (AvgIpc) is 2.27. The van der Waals surface area contributed by atoms with Crippen molar-refractivity contribution >= 4 is 17.3 Å². The van der Waals surface area contributed by atoms with Gasteiger partial charge in [0.05, 0.1) is 12.1 Å². The maximum absolute atomic E-state index is 12.2. The van der Waals surface area contributed by atoms with Crippen molar-refractivity contribution in [3.63, 3.8) is 0 Å². The van der Waals surface area contributed by atoms with Crippen LogP contribution in [0.3, 0.4) is 0 Å². The topological polar surface area (TPSA) is 49.6 Å². The van der Waals surface area contributed by atoms with E-state index < -0.39 is 0 Å². The molecule has 2 N–H and O–H groups in total. The SMILES string of the molecule is C#CCN(C)C(=O)c1cc(N)ccc1N(C)C. The smallest absolute Gasteiger partial charge is 0.256 e. The molecule has 0 bridgehead atoms. The first-order valence-electron chi connectivity index (χ1n) is 5.23. The van der Waals surface area contributed by atoms with E-state index in [1.807, 2.05) is 25.1 Å². The summed E-state index contributed by atoms with van der Waals surface area (Å²) in [5.74, 6) is 2.32. The highest BCUT2D eigenvalue weighted by Gasteiger charge is 2.16. The predicted octanol–water partition coefficient (Wildman–Crippen LogP) is 1.04. The second kappa shape index (κ2) is 5.26. The molecule has 0 aliphatic rings. The van der Waals surface area contributed by atoms with Crippen LogP contribution in [0, 0.1) is 12.3 Å². The van der Waals surface area contributed by atoms with Gasteiger partial charge in [-0.05, 0) is 18.2 Å². The second-order valence-electron chi connectivity index (χ2n) is 4.04. The van der Waals surface area contributed by atoms with E-state index in [0.717, 1.165) is 5.69 Å². The zero-order valence-corrected chi connectivity index (χ0v) is 10.4. The molecule has 0 fully saturated rings. The molecular weight excluding hydrogens is 214 g/mol. The molecule has 17 heavy (non-hydrogen) atoms. The van der Waals surface area contributed by atoms with Crippen molar-refractivity contribution in [1.29, 1.82) is 0 Å². The van der Waals surface area contributed by atoms with E-state index in [2.05, 4.69) is 5.92 Å². The summed E-state index contributed by atoms with van der Waals surface area (Å²) in [4.78, 5) is 15.5. The number of carbonyl (C=O) groups excluding carboxylic acids is 1. The van der Waals surface area contributed by atoms with Crippen molar-refractivity contribution in [2.75, 3.05) is 38.3 Å². The third-order valence-electron chi connectivity index (χ3n) is 2.41. The van der Waals surface area contributed by atoms with Crippen LogP contribution in [0.1, 0.15) is 10.4 Å². The molecule has 1 aromatic carbocycles. The average molecular weight is 231 g/mol. The molecule has 0 radical (unpaired) electrons. The molecule has 1 amide bonds. The van der Waals surface area contributed by atoms with Gasteiger partial charge < -0.3 is 15.5 Å². The summed E-state index contributed by atoms with van der Waals surface area (Å²) in [6.07, 6.45) is 5.19. The monoisotopic (exact) mass is 231 g/mol. The van der Waals surface area contributed by atoms with Gasteiger partial charge in [-0.15, -0.1) is 6.42 Å². The van der Waals surface area contributed by atoms with Gasteiger partial charge in [0.1, 0.15) is 0 Å². The van der Waals surface area contributed by atoms with E-state index in [4.69, 9.17) is 12.2 Å². The fraction of sp³-hybridized carbons (Fsp3) is 0.308. The molecule has 1 aromatic rings. The molecule has 0 heterocycles. The van der Waals surface area contributed by atoms with Crippen LogP contribution in [0.4, 0.5) is 11.4 Å². The van der Waals surface area contributed by atoms with Crippen molar-refractivity contribution in [3.8, 4) is 12.3 Å². The summed E-state index contributed by atoms with van der Waals surface area (Å²) >= 11 is 0. The number of terminal acetylenes is 1. The third-order valence-corrected chi connectivity index (χ3v) is 2.41.